The van der Waals surface area contributed by atoms with Gasteiger partial charge in [-0.1, -0.05) is 13.8 Å². The van der Waals surface area contributed by atoms with E-state index in [-0.39, 0.29) is 0 Å². The third-order valence-corrected chi connectivity index (χ3v) is 4.13. The van der Waals surface area contributed by atoms with Crippen LogP contribution >= 0.6 is 0 Å². The zero-order valence-electron chi connectivity index (χ0n) is 11.5. The number of rotatable bonds is 4. The number of amides is 1. The summed E-state index contributed by atoms with van der Waals surface area (Å²) in [6.07, 6.45) is 3.53. The van der Waals surface area contributed by atoms with Gasteiger partial charge in [0.25, 0.3) is 0 Å². The molecule has 0 aromatic heterocycles. The van der Waals surface area contributed by atoms with Crippen LogP contribution in [0.4, 0.5) is 0 Å². The Labute approximate surface area is 105 Å². The number of piperazine rings is 1. The summed E-state index contributed by atoms with van der Waals surface area (Å²) in [4.78, 5) is 16.6. The van der Waals surface area contributed by atoms with Crippen LogP contribution in [0.25, 0.3) is 0 Å². The molecule has 17 heavy (non-hydrogen) atoms. The number of carbonyl (C=O) groups is 1. The lowest BCUT2D eigenvalue weighted by Crippen LogP contribution is -2.51. The summed E-state index contributed by atoms with van der Waals surface area (Å²) in [5.74, 6) is 1.76. The van der Waals surface area contributed by atoms with E-state index in [1.165, 1.54) is 12.8 Å². The first-order chi connectivity index (χ1) is 8.08. The van der Waals surface area contributed by atoms with E-state index in [4.69, 9.17) is 0 Å². The zero-order chi connectivity index (χ0) is 12.4. The van der Waals surface area contributed by atoms with E-state index in [2.05, 4.69) is 30.6 Å². The maximum absolute atomic E-state index is 11.9. The van der Waals surface area contributed by atoms with Crippen LogP contribution in [-0.2, 0) is 4.79 Å². The summed E-state index contributed by atoms with van der Waals surface area (Å²) in [7, 11) is 0. The smallest absolute Gasteiger partial charge is 0.222 e. The molecule has 0 spiro atoms. The first-order valence-corrected chi connectivity index (χ1v) is 7.09. The first-order valence-electron chi connectivity index (χ1n) is 7.09. The minimum Gasteiger partial charge on any atom is -0.340 e. The van der Waals surface area contributed by atoms with Crippen molar-refractivity contribution in [3.05, 3.63) is 0 Å². The predicted octanol–water partition coefficient (Wildman–Crippen LogP) is 1.98. The summed E-state index contributed by atoms with van der Waals surface area (Å²) in [6, 6.07) is 0.734. The van der Waals surface area contributed by atoms with E-state index in [9.17, 15) is 4.79 Å². The van der Waals surface area contributed by atoms with Crippen LogP contribution in [0.2, 0.25) is 0 Å². The molecule has 0 radical (unpaired) electrons. The number of nitrogens with zero attached hydrogens (tertiary/aromatic N) is 2. The Morgan fingerprint density at radius 2 is 1.71 bits per heavy atom. The molecule has 1 saturated heterocycles. The molecule has 3 nitrogen and oxygen atoms in total. The molecule has 98 valence electrons. The van der Waals surface area contributed by atoms with Gasteiger partial charge in [0, 0.05) is 38.6 Å². The normalized spacial score (nSPS) is 24.1. The molecule has 0 N–H and O–H groups in total. The lowest BCUT2D eigenvalue weighted by molar-refractivity contribution is -0.134. The van der Waals surface area contributed by atoms with Crippen LogP contribution in [0.3, 0.4) is 0 Å². The molecule has 1 aliphatic carbocycles. The topological polar surface area (TPSA) is 23.6 Å². The van der Waals surface area contributed by atoms with Gasteiger partial charge in [-0.3, -0.25) is 9.69 Å². The highest BCUT2D eigenvalue weighted by Gasteiger charge is 2.33. The summed E-state index contributed by atoms with van der Waals surface area (Å²) in [6.45, 7) is 10.6. The van der Waals surface area contributed by atoms with Crippen LogP contribution in [0.15, 0.2) is 0 Å². The summed E-state index contributed by atoms with van der Waals surface area (Å²) >= 11 is 0. The van der Waals surface area contributed by atoms with E-state index < -0.39 is 0 Å². The molecule has 0 aromatic carbocycles. The molecule has 3 heteroatoms. The fourth-order valence-electron chi connectivity index (χ4n) is 2.73. The standard InChI is InChI=1S/C14H26N2O/c1-11(2)10-14(17)16-8-6-15(7-9-16)12(3)13-4-5-13/h11-13H,4-10H2,1-3H3. The Balaban J connectivity index is 1.75. The van der Waals surface area contributed by atoms with Gasteiger partial charge in [0.05, 0.1) is 0 Å². The minimum atomic E-state index is 0.346. The van der Waals surface area contributed by atoms with Crippen LogP contribution in [0, 0.1) is 11.8 Å². The molecule has 1 amide bonds. The van der Waals surface area contributed by atoms with Crippen molar-refractivity contribution >= 4 is 5.91 Å². The Bertz CT molecular complexity index is 265. The molecular formula is C14H26N2O. The minimum absolute atomic E-state index is 0.346. The van der Waals surface area contributed by atoms with E-state index in [0.717, 1.165) is 38.1 Å². The van der Waals surface area contributed by atoms with Crippen molar-refractivity contribution in [1.29, 1.82) is 0 Å². The molecule has 0 bridgehead atoms. The fourth-order valence-corrected chi connectivity index (χ4v) is 2.73. The molecule has 2 rings (SSSR count). The van der Waals surface area contributed by atoms with Crippen LogP contribution in [0.1, 0.15) is 40.0 Å². The number of hydrogen-bond acceptors (Lipinski definition) is 2. The molecule has 0 aromatic rings. The van der Waals surface area contributed by atoms with Crippen LogP contribution in [0.5, 0.6) is 0 Å². The summed E-state index contributed by atoms with van der Waals surface area (Å²) in [5, 5.41) is 0. The maximum Gasteiger partial charge on any atom is 0.222 e. The van der Waals surface area contributed by atoms with E-state index in [0.29, 0.717) is 18.2 Å². The van der Waals surface area contributed by atoms with Gasteiger partial charge >= 0.3 is 0 Å². The van der Waals surface area contributed by atoms with Crippen molar-refractivity contribution in [3.8, 4) is 0 Å². The second kappa shape index (κ2) is 5.38. The van der Waals surface area contributed by atoms with Gasteiger partial charge in [-0.25, -0.2) is 0 Å². The molecule has 2 aliphatic rings. The average molecular weight is 238 g/mol. The van der Waals surface area contributed by atoms with Gasteiger partial charge in [0.2, 0.25) is 5.91 Å². The molecule has 1 unspecified atom stereocenters. The van der Waals surface area contributed by atoms with Crippen molar-refractivity contribution in [2.75, 3.05) is 26.2 Å². The third kappa shape index (κ3) is 3.44. The number of carbonyl (C=O) groups excluding carboxylic acids is 1. The van der Waals surface area contributed by atoms with Crippen molar-refractivity contribution < 1.29 is 4.79 Å². The Morgan fingerprint density at radius 1 is 1.12 bits per heavy atom. The van der Waals surface area contributed by atoms with Gasteiger partial charge in [-0.15, -0.1) is 0 Å². The largest absolute Gasteiger partial charge is 0.340 e. The van der Waals surface area contributed by atoms with E-state index in [1.807, 2.05) is 0 Å². The van der Waals surface area contributed by atoms with Gasteiger partial charge in [0.1, 0.15) is 0 Å². The molecule has 1 saturated carbocycles. The van der Waals surface area contributed by atoms with Crippen molar-refractivity contribution in [3.63, 3.8) is 0 Å². The molecular weight excluding hydrogens is 212 g/mol. The third-order valence-electron chi connectivity index (χ3n) is 4.13. The second-order valence-electron chi connectivity index (χ2n) is 6.09. The maximum atomic E-state index is 11.9. The highest BCUT2D eigenvalue weighted by molar-refractivity contribution is 5.76. The van der Waals surface area contributed by atoms with Gasteiger partial charge in [-0.2, -0.15) is 0 Å². The molecule has 1 heterocycles. The Kier molecular flexibility index (Phi) is 4.08. The fraction of sp³-hybridized carbons (Fsp3) is 0.929. The van der Waals surface area contributed by atoms with Crippen LogP contribution < -0.4 is 0 Å². The van der Waals surface area contributed by atoms with Gasteiger partial charge in [0.15, 0.2) is 0 Å². The number of hydrogen-bond donors (Lipinski definition) is 0. The predicted molar refractivity (Wildman–Crippen MR) is 69.8 cm³/mol. The van der Waals surface area contributed by atoms with Crippen molar-refractivity contribution in [2.24, 2.45) is 11.8 Å². The first kappa shape index (κ1) is 12.9. The van der Waals surface area contributed by atoms with Crippen LogP contribution in [-0.4, -0.2) is 47.9 Å². The Morgan fingerprint density at radius 3 is 2.18 bits per heavy atom. The average Bonchev–Trinajstić information content (AvgIpc) is 3.11. The van der Waals surface area contributed by atoms with Gasteiger partial charge < -0.3 is 4.90 Å². The highest BCUT2D eigenvalue weighted by Crippen LogP contribution is 2.35. The highest BCUT2D eigenvalue weighted by atomic mass is 16.2. The zero-order valence-corrected chi connectivity index (χ0v) is 11.5. The monoisotopic (exact) mass is 238 g/mol. The molecule has 2 fully saturated rings. The van der Waals surface area contributed by atoms with Gasteiger partial charge in [-0.05, 0) is 31.6 Å². The Hall–Kier alpha value is -0.570. The van der Waals surface area contributed by atoms with E-state index >= 15 is 0 Å². The van der Waals surface area contributed by atoms with E-state index in [1.54, 1.807) is 0 Å². The molecule has 1 atom stereocenters. The van der Waals surface area contributed by atoms with Crippen molar-refractivity contribution in [2.45, 2.75) is 46.1 Å². The lowest BCUT2D eigenvalue weighted by atomic mass is 10.1. The summed E-state index contributed by atoms with van der Waals surface area (Å²) < 4.78 is 0. The summed E-state index contributed by atoms with van der Waals surface area (Å²) in [5.41, 5.74) is 0. The second-order valence-corrected chi connectivity index (χ2v) is 6.09. The molecule has 1 aliphatic heterocycles. The lowest BCUT2D eigenvalue weighted by Gasteiger charge is -2.38. The quantitative estimate of drug-likeness (QED) is 0.747. The van der Waals surface area contributed by atoms with Crippen molar-refractivity contribution in [1.82, 2.24) is 9.80 Å². The SMILES string of the molecule is CC(C)CC(=O)N1CCN(C(C)C2CC2)CC1.